The minimum absolute atomic E-state index is 0.0247. The third-order valence-electron chi connectivity index (χ3n) is 12.5. The number of aliphatic hydroxyl groups is 2. The third kappa shape index (κ3) is 8.69. The molecule has 4 aliphatic rings. The number of amides is 2. The van der Waals surface area contributed by atoms with Crippen LogP contribution in [0.25, 0.3) is 0 Å². The monoisotopic (exact) mass is 710 g/mol. The smallest absolute Gasteiger partial charge is 0.317 e. The van der Waals surface area contributed by atoms with Gasteiger partial charge in [-0.25, -0.2) is 4.79 Å². The number of hydrogen-bond donors (Lipinski definition) is 3. The molecule has 0 unspecified atom stereocenters. The summed E-state index contributed by atoms with van der Waals surface area (Å²) in [4.78, 5) is 31.6. The van der Waals surface area contributed by atoms with Crippen molar-refractivity contribution in [3.05, 3.63) is 105 Å². The molecule has 4 aliphatic carbocycles. The van der Waals surface area contributed by atoms with E-state index in [0.29, 0.717) is 25.8 Å². The third-order valence-corrected chi connectivity index (χ3v) is 13.4. The molecular formula is C44H58N2O4S. The van der Waals surface area contributed by atoms with Gasteiger partial charge < -0.3 is 20.4 Å². The Labute approximate surface area is 309 Å². The van der Waals surface area contributed by atoms with E-state index in [4.69, 9.17) is 0 Å². The van der Waals surface area contributed by atoms with Gasteiger partial charge in [0.15, 0.2) is 5.78 Å². The second-order valence-electron chi connectivity index (χ2n) is 16.0. The first-order chi connectivity index (χ1) is 24.6. The number of rotatable bonds is 9. The summed E-state index contributed by atoms with van der Waals surface area (Å²) in [6, 6.07) is 20.1. The molecule has 2 saturated carbocycles. The minimum Gasteiger partial charge on any atom is -0.393 e. The lowest BCUT2D eigenvalue weighted by atomic mass is 9.64. The van der Waals surface area contributed by atoms with Crippen LogP contribution in [0.15, 0.2) is 77.7 Å². The first kappa shape index (κ1) is 37.5. The Bertz CT molecular complexity index is 1650. The van der Waals surface area contributed by atoms with Crippen molar-refractivity contribution in [3.63, 3.8) is 0 Å². The molecule has 1 heterocycles. The number of carbonyl (C=O) groups is 2. The maximum Gasteiger partial charge on any atom is 0.317 e. The molecule has 6 nitrogen and oxygen atoms in total. The van der Waals surface area contributed by atoms with Crippen LogP contribution in [0.5, 0.6) is 0 Å². The van der Waals surface area contributed by atoms with E-state index in [-0.39, 0.29) is 36.2 Å². The van der Waals surface area contributed by atoms with Crippen molar-refractivity contribution < 1.29 is 19.8 Å². The van der Waals surface area contributed by atoms with Crippen LogP contribution in [-0.2, 0) is 12.8 Å². The summed E-state index contributed by atoms with van der Waals surface area (Å²) in [5.74, 6) is 0.205. The van der Waals surface area contributed by atoms with Gasteiger partial charge >= 0.3 is 6.03 Å². The number of fused-ring (bicyclic) bond motifs is 8. The van der Waals surface area contributed by atoms with E-state index in [1.54, 1.807) is 11.3 Å². The number of ketones is 1. The Morgan fingerprint density at radius 3 is 2.53 bits per heavy atom. The van der Waals surface area contributed by atoms with Crippen LogP contribution in [0.1, 0.15) is 135 Å². The normalized spacial score (nSPS) is 26.5. The number of thiophene rings is 1. The minimum atomic E-state index is -1.17. The van der Waals surface area contributed by atoms with Crippen LogP contribution in [0.2, 0.25) is 0 Å². The number of hydrogen-bond acceptors (Lipinski definition) is 5. The zero-order valence-corrected chi connectivity index (χ0v) is 31.7. The predicted molar refractivity (Wildman–Crippen MR) is 207 cm³/mol. The van der Waals surface area contributed by atoms with E-state index in [0.717, 1.165) is 80.0 Å². The molecule has 2 aromatic carbocycles. The molecule has 2 fully saturated rings. The van der Waals surface area contributed by atoms with Gasteiger partial charge in [0, 0.05) is 28.3 Å². The van der Waals surface area contributed by atoms with E-state index in [9.17, 15) is 19.8 Å². The molecule has 5 atom stereocenters. The molecule has 7 rings (SSSR count). The van der Waals surface area contributed by atoms with Gasteiger partial charge in [0.2, 0.25) is 0 Å². The Kier molecular flexibility index (Phi) is 12.2. The largest absolute Gasteiger partial charge is 0.393 e. The van der Waals surface area contributed by atoms with E-state index in [1.165, 1.54) is 16.9 Å². The number of nitrogens with zero attached hydrogens (tertiary/aromatic N) is 1. The number of Topliss-reactive ketones (excluding diaryl/α,β-unsaturated/α-hetero) is 1. The van der Waals surface area contributed by atoms with Crippen molar-refractivity contribution in [2.75, 3.05) is 13.1 Å². The summed E-state index contributed by atoms with van der Waals surface area (Å²) in [6.45, 7) is 7.08. The molecular weight excluding hydrogens is 653 g/mol. The second kappa shape index (κ2) is 16.6. The molecule has 274 valence electrons. The lowest BCUT2D eigenvalue weighted by molar-refractivity contribution is -0.0769. The zero-order chi connectivity index (χ0) is 36.0. The Morgan fingerprint density at radius 2 is 1.78 bits per heavy atom. The zero-order valence-electron chi connectivity index (χ0n) is 30.9. The summed E-state index contributed by atoms with van der Waals surface area (Å²) < 4.78 is 0. The van der Waals surface area contributed by atoms with Crippen molar-refractivity contribution in [2.24, 2.45) is 11.3 Å². The number of urea groups is 1. The SMILES string of the molecule is CC1=CCC[C@@]2(C)[C@@H](CC[C@@]2(O)CN(CCc2cccs2)C(=O)N[C@H](C)c2ccccc2)c2ccc(cc2C(=O)C2CCCCC2)C[C@@H](O)CC1. The quantitative estimate of drug-likeness (QED) is 0.152. The van der Waals surface area contributed by atoms with Crippen LogP contribution in [0.4, 0.5) is 4.79 Å². The van der Waals surface area contributed by atoms with Crippen molar-refractivity contribution in [2.45, 2.75) is 128 Å². The summed E-state index contributed by atoms with van der Waals surface area (Å²) in [5, 5.41) is 29.3. The van der Waals surface area contributed by atoms with Gasteiger partial charge in [-0.15, -0.1) is 11.3 Å². The van der Waals surface area contributed by atoms with Crippen molar-refractivity contribution in [1.29, 1.82) is 0 Å². The van der Waals surface area contributed by atoms with E-state index >= 15 is 0 Å². The highest BCUT2D eigenvalue weighted by molar-refractivity contribution is 7.09. The maximum absolute atomic E-state index is 14.4. The number of carbonyl (C=O) groups excluding carboxylic acids is 2. The molecule has 3 N–H and O–H groups in total. The Morgan fingerprint density at radius 1 is 1.00 bits per heavy atom. The van der Waals surface area contributed by atoms with Gasteiger partial charge in [-0.3, -0.25) is 4.79 Å². The topological polar surface area (TPSA) is 89.9 Å². The van der Waals surface area contributed by atoms with Crippen molar-refractivity contribution >= 4 is 23.2 Å². The number of nitrogens with one attached hydrogen (secondary N) is 1. The van der Waals surface area contributed by atoms with E-state index in [2.05, 4.69) is 54.9 Å². The van der Waals surface area contributed by atoms with Gasteiger partial charge in [-0.05, 0) is 118 Å². The first-order valence-electron chi connectivity index (χ1n) is 19.4. The molecule has 2 bridgehead atoms. The summed E-state index contributed by atoms with van der Waals surface area (Å²) in [7, 11) is 0. The Hall–Kier alpha value is -3.26. The van der Waals surface area contributed by atoms with Crippen LogP contribution < -0.4 is 5.32 Å². The van der Waals surface area contributed by atoms with Crippen LogP contribution in [-0.4, -0.2) is 51.7 Å². The van der Waals surface area contributed by atoms with Gasteiger partial charge in [-0.1, -0.05) is 86.4 Å². The van der Waals surface area contributed by atoms with E-state index in [1.807, 2.05) is 48.2 Å². The molecule has 2 amide bonds. The molecule has 1 aromatic heterocycles. The van der Waals surface area contributed by atoms with Crippen molar-refractivity contribution in [3.8, 4) is 0 Å². The molecule has 51 heavy (non-hydrogen) atoms. The summed E-state index contributed by atoms with van der Waals surface area (Å²) in [6.07, 6.45) is 12.6. The highest BCUT2D eigenvalue weighted by Gasteiger charge is 2.57. The number of allylic oxidation sites excluding steroid dienone is 2. The van der Waals surface area contributed by atoms with Crippen LogP contribution >= 0.6 is 11.3 Å². The lowest BCUT2D eigenvalue weighted by Gasteiger charge is -2.46. The maximum atomic E-state index is 14.4. The molecule has 3 aromatic rings. The molecule has 0 spiro atoms. The van der Waals surface area contributed by atoms with Gasteiger partial charge in [0.25, 0.3) is 0 Å². The number of aliphatic hydroxyl groups excluding tert-OH is 1. The molecule has 0 radical (unpaired) electrons. The highest BCUT2D eigenvalue weighted by Crippen LogP contribution is 2.59. The fourth-order valence-electron chi connectivity index (χ4n) is 9.17. The average molecular weight is 711 g/mol. The molecule has 7 heteroatoms. The highest BCUT2D eigenvalue weighted by atomic mass is 32.1. The van der Waals surface area contributed by atoms with Crippen LogP contribution in [0, 0.1) is 11.3 Å². The fourth-order valence-corrected chi connectivity index (χ4v) is 9.87. The number of benzene rings is 2. The molecule has 0 aliphatic heterocycles. The van der Waals surface area contributed by atoms with Crippen molar-refractivity contribution in [1.82, 2.24) is 10.2 Å². The standard InChI is InChI=1S/C44H58N2O4S/c1-31-12-10-24-43(3)40(38-21-19-33(28-36(47)20-18-31)29-39(38)41(48)35-15-8-5-9-16-35)22-25-44(43,50)30-46(26-23-37-17-11-27-51-37)42(49)45-32(2)34-13-6-4-7-14-34/h4,6-7,11-14,17,19,21,27,29,32,35-36,40,47,50H,5,8-10,15-16,18,20,22-26,28,30H2,1-3H3,(H,45,49)/t32-,36+,40+,43+,44-/m1/s1. The predicted octanol–water partition coefficient (Wildman–Crippen LogP) is 9.57. The second-order valence-corrected chi connectivity index (χ2v) is 17.0. The van der Waals surface area contributed by atoms with Gasteiger partial charge in [-0.2, -0.15) is 0 Å². The first-order valence-corrected chi connectivity index (χ1v) is 20.3. The van der Waals surface area contributed by atoms with Gasteiger partial charge in [0.1, 0.15) is 0 Å². The van der Waals surface area contributed by atoms with Gasteiger partial charge in [0.05, 0.1) is 24.3 Å². The lowest BCUT2D eigenvalue weighted by Crippen LogP contribution is -2.56. The Balaban J connectivity index is 1.36. The average Bonchev–Trinajstić information content (AvgIpc) is 3.75. The van der Waals surface area contributed by atoms with Crippen LogP contribution in [0.3, 0.4) is 0 Å². The molecule has 0 saturated heterocycles. The summed E-state index contributed by atoms with van der Waals surface area (Å²) >= 11 is 1.69. The van der Waals surface area contributed by atoms with E-state index < -0.39 is 17.1 Å². The fraction of sp³-hybridized carbons (Fsp3) is 0.545. The summed E-state index contributed by atoms with van der Waals surface area (Å²) in [5.41, 5.74) is 3.36.